The lowest BCUT2D eigenvalue weighted by Crippen LogP contribution is -2.38. The average Bonchev–Trinajstić information content (AvgIpc) is 3.20. The van der Waals surface area contributed by atoms with E-state index in [2.05, 4.69) is 5.32 Å². The molecule has 1 saturated carbocycles. The number of nitro benzene ring substituents is 1. The molecule has 1 unspecified atom stereocenters. The number of rotatable bonds is 6. The van der Waals surface area contributed by atoms with Crippen LogP contribution in [-0.2, 0) is 4.79 Å². The number of amides is 1. The summed E-state index contributed by atoms with van der Waals surface area (Å²) in [5.74, 6) is -1.40. The summed E-state index contributed by atoms with van der Waals surface area (Å²) >= 11 is 5.76. The second-order valence-corrected chi connectivity index (χ2v) is 5.41. The first-order valence-electron chi connectivity index (χ1n) is 6.34. The largest absolute Gasteiger partial charge is 0.481 e. The minimum Gasteiger partial charge on any atom is -0.481 e. The maximum atomic E-state index is 12.1. The number of hydrogen-bond acceptors (Lipinski definition) is 4. The highest BCUT2D eigenvalue weighted by Crippen LogP contribution is 2.34. The van der Waals surface area contributed by atoms with Crippen LogP contribution in [0.25, 0.3) is 0 Å². The number of nitrogens with zero attached hydrogens (tertiary/aromatic N) is 1. The number of nitro groups is 1. The van der Waals surface area contributed by atoms with Crippen LogP contribution in [0.2, 0.25) is 5.02 Å². The minimum atomic E-state index is -0.996. The van der Waals surface area contributed by atoms with Gasteiger partial charge in [0.15, 0.2) is 0 Å². The Balaban J connectivity index is 2.15. The van der Waals surface area contributed by atoms with E-state index in [1.807, 2.05) is 0 Å². The Morgan fingerprint density at radius 1 is 1.43 bits per heavy atom. The lowest BCUT2D eigenvalue weighted by atomic mass is 10.1. The number of carbonyl (C=O) groups excluding carboxylic acids is 1. The Morgan fingerprint density at radius 3 is 2.62 bits per heavy atom. The van der Waals surface area contributed by atoms with Gasteiger partial charge in [0.25, 0.3) is 11.6 Å². The van der Waals surface area contributed by atoms with Gasteiger partial charge in [-0.1, -0.05) is 11.6 Å². The van der Waals surface area contributed by atoms with Crippen LogP contribution in [0.1, 0.15) is 29.6 Å². The number of benzene rings is 1. The third-order valence-corrected chi connectivity index (χ3v) is 3.48. The predicted molar refractivity (Wildman–Crippen MR) is 74.3 cm³/mol. The molecule has 0 aromatic heterocycles. The standard InChI is InChI=1S/C13H13ClN2O5/c14-9-3-8(4-10(5-9)16(20)21)13(19)15-11(6-12(17)18)7-1-2-7/h3-5,7,11H,1-2,6H2,(H,15,19)(H,17,18). The van der Waals surface area contributed by atoms with E-state index in [1.54, 1.807) is 0 Å². The molecule has 1 aliphatic carbocycles. The molecule has 1 fully saturated rings. The number of nitrogens with one attached hydrogen (secondary N) is 1. The minimum absolute atomic E-state index is 0.0465. The fourth-order valence-electron chi connectivity index (χ4n) is 2.08. The third kappa shape index (κ3) is 4.16. The Labute approximate surface area is 125 Å². The molecule has 1 aromatic carbocycles. The molecule has 7 nitrogen and oxygen atoms in total. The zero-order chi connectivity index (χ0) is 15.6. The second-order valence-electron chi connectivity index (χ2n) is 4.97. The monoisotopic (exact) mass is 312 g/mol. The summed E-state index contributed by atoms with van der Waals surface area (Å²) in [7, 11) is 0. The fourth-order valence-corrected chi connectivity index (χ4v) is 2.31. The predicted octanol–water partition coefficient (Wildman–Crippen LogP) is 2.23. The Morgan fingerprint density at radius 2 is 2.10 bits per heavy atom. The summed E-state index contributed by atoms with van der Waals surface area (Å²) in [6, 6.07) is 3.11. The summed E-state index contributed by atoms with van der Waals surface area (Å²) in [5.41, 5.74) is -0.237. The zero-order valence-corrected chi connectivity index (χ0v) is 11.7. The normalized spacial score (nSPS) is 15.3. The van der Waals surface area contributed by atoms with E-state index >= 15 is 0 Å². The van der Waals surface area contributed by atoms with Gasteiger partial charge in [0, 0.05) is 28.8 Å². The van der Waals surface area contributed by atoms with Crippen LogP contribution in [0.3, 0.4) is 0 Å². The number of carbonyl (C=O) groups is 2. The van der Waals surface area contributed by atoms with E-state index < -0.39 is 22.8 Å². The Bertz CT molecular complexity index is 600. The van der Waals surface area contributed by atoms with E-state index in [9.17, 15) is 19.7 Å². The molecule has 2 N–H and O–H groups in total. The molecule has 0 spiro atoms. The van der Waals surface area contributed by atoms with Crippen molar-refractivity contribution >= 4 is 29.2 Å². The maximum Gasteiger partial charge on any atom is 0.305 e. The van der Waals surface area contributed by atoms with Crippen molar-refractivity contribution in [3.05, 3.63) is 38.9 Å². The van der Waals surface area contributed by atoms with Crippen molar-refractivity contribution in [3.63, 3.8) is 0 Å². The van der Waals surface area contributed by atoms with Gasteiger partial charge in [0.05, 0.1) is 11.3 Å². The Hall–Kier alpha value is -2.15. The quantitative estimate of drug-likeness (QED) is 0.618. The van der Waals surface area contributed by atoms with Gasteiger partial charge in [-0.15, -0.1) is 0 Å². The molecular weight excluding hydrogens is 300 g/mol. The summed E-state index contributed by atoms with van der Waals surface area (Å²) in [4.78, 5) is 33.0. The van der Waals surface area contributed by atoms with Gasteiger partial charge in [0.1, 0.15) is 0 Å². The molecule has 0 heterocycles. The highest BCUT2D eigenvalue weighted by atomic mass is 35.5. The second kappa shape index (κ2) is 6.09. The van der Waals surface area contributed by atoms with Crippen LogP contribution in [-0.4, -0.2) is 27.9 Å². The van der Waals surface area contributed by atoms with E-state index in [1.165, 1.54) is 6.07 Å². The number of carboxylic acids is 1. The molecule has 0 bridgehead atoms. The van der Waals surface area contributed by atoms with Crippen molar-refractivity contribution < 1.29 is 19.6 Å². The van der Waals surface area contributed by atoms with Crippen molar-refractivity contribution in [1.82, 2.24) is 5.32 Å². The van der Waals surface area contributed by atoms with Crippen LogP contribution < -0.4 is 5.32 Å². The van der Waals surface area contributed by atoms with E-state index in [0.29, 0.717) is 0 Å². The fraction of sp³-hybridized carbons (Fsp3) is 0.385. The maximum absolute atomic E-state index is 12.1. The van der Waals surface area contributed by atoms with Gasteiger partial charge in [0.2, 0.25) is 0 Å². The van der Waals surface area contributed by atoms with Crippen molar-refractivity contribution in [2.24, 2.45) is 5.92 Å². The van der Waals surface area contributed by atoms with Crippen LogP contribution in [0.4, 0.5) is 5.69 Å². The summed E-state index contributed by atoms with van der Waals surface area (Å²) in [6.07, 6.45) is 1.57. The van der Waals surface area contributed by atoms with Crippen molar-refractivity contribution in [2.45, 2.75) is 25.3 Å². The van der Waals surface area contributed by atoms with Gasteiger partial charge in [-0.05, 0) is 24.8 Å². The number of aliphatic carboxylic acids is 1. The van der Waals surface area contributed by atoms with E-state index in [4.69, 9.17) is 16.7 Å². The molecule has 2 rings (SSSR count). The van der Waals surface area contributed by atoms with E-state index in [0.717, 1.165) is 25.0 Å². The molecule has 21 heavy (non-hydrogen) atoms. The molecule has 1 aromatic rings. The van der Waals surface area contributed by atoms with E-state index in [-0.39, 0.29) is 28.6 Å². The highest BCUT2D eigenvalue weighted by molar-refractivity contribution is 6.31. The molecule has 0 saturated heterocycles. The van der Waals surface area contributed by atoms with Gasteiger partial charge in [-0.3, -0.25) is 19.7 Å². The number of non-ortho nitro benzene ring substituents is 1. The first-order chi connectivity index (χ1) is 9.86. The zero-order valence-electron chi connectivity index (χ0n) is 10.9. The van der Waals surface area contributed by atoms with Crippen molar-refractivity contribution in [3.8, 4) is 0 Å². The van der Waals surface area contributed by atoms with Gasteiger partial charge in [-0.25, -0.2) is 0 Å². The number of halogens is 1. The molecule has 0 aliphatic heterocycles. The molecule has 8 heteroatoms. The van der Waals surface area contributed by atoms with Crippen LogP contribution in [0.15, 0.2) is 18.2 Å². The molecule has 1 aliphatic rings. The van der Waals surface area contributed by atoms with Gasteiger partial charge < -0.3 is 10.4 Å². The lowest BCUT2D eigenvalue weighted by Gasteiger charge is -2.16. The molecule has 0 radical (unpaired) electrons. The third-order valence-electron chi connectivity index (χ3n) is 3.26. The van der Waals surface area contributed by atoms with Crippen molar-refractivity contribution in [2.75, 3.05) is 0 Å². The Kier molecular flexibility index (Phi) is 4.42. The van der Waals surface area contributed by atoms with Crippen LogP contribution >= 0.6 is 11.6 Å². The SMILES string of the molecule is O=C(O)CC(NC(=O)c1cc(Cl)cc([N+](=O)[O-])c1)C1CC1. The van der Waals surface area contributed by atoms with Crippen molar-refractivity contribution in [1.29, 1.82) is 0 Å². The smallest absolute Gasteiger partial charge is 0.305 e. The van der Waals surface area contributed by atoms with Crippen LogP contribution in [0.5, 0.6) is 0 Å². The molecule has 1 amide bonds. The average molecular weight is 313 g/mol. The molecule has 1 atom stereocenters. The lowest BCUT2D eigenvalue weighted by molar-refractivity contribution is -0.384. The van der Waals surface area contributed by atoms with Gasteiger partial charge in [-0.2, -0.15) is 0 Å². The summed E-state index contributed by atoms with van der Waals surface area (Å²) in [6.45, 7) is 0. The molecule has 112 valence electrons. The summed E-state index contributed by atoms with van der Waals surface area (Å²) in [5, 5.41) is 22.3. The highest BCUT2D eigenvalue weighted by Gasteiger charge is 2.34. The topological polar surface area (TPSA) is 110 Å². The first-order valence-corrected chi connectivity index (χ1v) is 6.72. The number of carboxylic acid groups (broad SMARTS) is 1. The first kappa shape index (κ1) is 15.2. The summed E-state index contributed by atoms with van der Waals surface area (Å²) < 4.78 is 0. The number of hydrogen-bond donors (Lipinski definition) is 2. The van der Waals surface area contributed by atoms with Gasteiger partial charge >= 0.3 is 5.97 Å². The van der Waals surface area contributed by atoms with Crippen LogP contribution in [0, 0.1) is 16.0 Å². The molecular formula is C13H13ClN2O5.